The average Bonchev–Trinajstić information content (AvgIpc) is 3.29. The Kier molecular flexibility index (Phi) is 8.91. The van der Waals surface area contributed by atoms with E-state index in [2.05, 4.69) is 15.3 Å². The third-order valence-corrected chi connectivity index (χ3v) is 4.36. The van der Waals surface area contributed by atoms with Crippen molar-refractivity contribution in [2.24, 2.45) is 5.73 Å². The van der Waals surface area contributed by atoms with Crippen LogP contribution < -0.4 is 21.3 Å². The van der Waals surface area contributed by atoms with E-state index >= 15 is 0 Å². The molecule has 1 aliphatic heterocycles. The van der Waals surface area contributed by atoms with E-state index in [0.717, 1.165) is 37.1 Å². The number of nitrogens with zero attached hydrogens (tertiary/aromatic N) is 2. The van der Waals surface area contributed by atoms with Crippen LogP contribution in [0.15, 0.2) is 47.5 Å². The van der Waals surface area contributed by atoms with Gasteiger partial charge in [0.25, 0.3) is 5.56 Å². The van der Waals surface area contributed by atoms with E-state index in [9.17, 15) is 9.59 Å². The topological polar surface area (TPSA) is 113 Å². The number of methoxy groups -OCH3 is 1. The van der Waals surface area contributed by atoms with Crippen LogP contribution in [0.5, 0.6) is 5.88 Å². The molecule has 0 aromatic carbocycles. The van der Waals surface area contributed by atoms with Crippen LogP contribution >= 0.6 is 0 Å². The van der Waals surface area contributed by atoms with E-state index in [1.807, 2.05) is 30.0 Å². The lowest BCUT2D eigenvalue weighted by molar-refractivity contribution is -0.125. The van der Waals surface area contributed by atoms with Gasteiger partial charge < -0.3 is 25.7 Å². The number of aromatic amines is 1. The van der Waals surface area contributed by atoms with Gasteiger partial charge in [-0.3, -0.25) is 9.59 Å². The van der Waals surface area contributed by atoms with Crippen LogP contribution in [0.3, 0.4) is 0 Å². The third kappa shape index (κ3) is 6.76. The van der Waals surface area contributed by atoms with Gasteiger partial charge in [0.15, 0.2) is 0 Å². The van der Waals surface area contributed by atoms with Gasteiger partial charge in [-0.2, -0.15) is 0 Å². The highest BCUT2D eigenvalue weighted by atomic mass is 16.5. The molecule has 29 heavy (non-hydrogen) atoms. The number of nitrogens with two attached hydrogens (primary N) is 1. The smallest absolute Gasteiger partial charge is 0.271 e. The second kappa shape index (κ2) is 11.7. The number of nitrogens with one attached hydrogen (secondary N) is 2. The molecule has 0 radical (unpaired) electrons. The molecule has 2 aromatic rings. The Balaban J connectivity index is 0.000000234. The van der Waals surface area contributed by atoms with E-state index in [1.165, 1.54) is 0 Å². The lowest BCUT2D eigenvalue weighted by Crippen LogP contribution is -2.25. The number of amides is 1. The number of pyridine rings is 2. The number of hydrogen-bond acceptors (Lipinski definition) is 6. The van der Waals surface area contributed by atoms with Crippen LogP contribution in [-0.4, -0.2) is 54.1 Å². The number of carbonyl (C=O) groups excluding carboxylic acids is 1. The Bertz CT molecular complexity index is 873. The zero-order chi connectivity index (χ0) is 21.1. The first-order valence-electron chi connectivity index (χ1n) is 9.71. The molecule has 1 aliphatic rings. The monoisotopic (exact) mass is 399 g/mol. The van der Waals surface area contributed by atoms with Crippen molar-refractivity contribution in [2.45, 2.75) is 19.8 Å². The first kappa shape index (κ1) is 22.2. The van der Waals surface area contributed by atoms with E-state index in [-0.39, 0.29) is 11.5 Å². The van der Waals surface area contributed by atoms with E-state index in [4.69, 9.17) is 10.5 Å². The summed E-state index contributed by atoms with van der Waals surface area (Å²) in [5, 5.41) is 3.02. The molecule has 156 valence electrons. The van der Waals surface area contributed by atoms with Crippen molar-refractivity contribution in [3.05, 3.63) is 53.1 Å². The molecule has 0 unspecified atom stereocenters. The summed E-state index contributed by atoms with van der Waals surface area (Å²) in [4.78, 5) is 31.4. The standard InChI is InChI=1S/C13H15N3O2.C8H14N2O/c1-3-14-11-6-10(8-16-13(11)17)9-4-5-15-12(7-9)18-2;9-5-3-4-8(11)10-6-1-2-7-10/h4-8,14H,3H2,1-2H3,(H,16,17);3-4H,1-2,5-7,9H2/b;4-3+. The minimum Gasteiger partial charge on any atom is -0.481 e. The van der Waals surface area contributed by atoms with Gasteiger partial charge in [-0.25, -0.2) is 4.98 Å². The normalized spacial score (nSPS) is 13.1. The van der Waals surface area contributed by atoms with Gasteiger partial charge in [0.1, 0.15) is 5.69 Å². The number of ether oxygens (including phenoxy) is 1. The summed E-state index contributed by atoms with van der Waals surface area (Å²) < 4.78 is 5.08. The molecule has 1 saturated heterocycles. The van der Waals surface area contributed by atoms with Crippen molar-refractivity contribution in [3.8, 4) is 17.0 Å². The molecule has 0 atom stereocenters. The van der Waals surface area contributed by atoms with Crippen LogP contribution in [0, 0.1) is 0 Å². The second-order valence-corrected chi connectivity index (χ2v) is 6.42. The van der Waals surface area contributed by atoms with Crippen LogP contribution in [0.1, 0.15) is 19.8 Å². The molecule has 0 aliphatic carbocycles. The van der Waals surface area contributed by atoms with Gasteiger partial charge in [0, 0.05) is 56.3 Å². The van der Waals surface area contributed by atoms with Gasteiger partial charge >= 0.3 is 0 Å². The molecule has 0 saturated carbocycles. The van der Waals surface area contributed by atoms with Crippen LogP contribution in [0.2, 0.25) is 0 Å². The Morgan fingerprint density at radius 2 is 2.10 bits per heavy atom. The molecular weight excluding hydrogens is 370 g/mol. The Morgan fingerprint density at radius 3 is 2.76 bits per heavy atom. The molecule has 3 rings (SSSR count). The van der Waals surface area contributed by atoms with Gasteiger partial charge in [-0.15, -0.1) is 0 Å². The highest BCUT2D eigenvalue weighted by Crippen LogP contribution is 2.22. The Hall–Kier alpha value is -3.13. The molecule has 0 spiro atoms. The summed E-state index contributed by atoms with van der Waals surface area (Å²) in [5.74, 6) is 0.650. The molecule has 3 heterocycles. The fourth-order valence-corrected chi connectivity index (χ4v) is 2.88. The third-order valence-electron chi connectivity index (χ3n) is 4.36. The second-order valence-electron chi connectivity index (χ2n) is 6.42. The summed E-state index contributed by atoms with van der Waals surface area (Å²) in [5.41, 5.74) is 7.51. The predicted octanol–water partition coefficient (Wildman–Crippen LogP) is 2.00. The lowest BCUT2D eigenvalue weighted by atomic mass is 10.1. The zero-order valence-electron chi connectivity index (χ0n) is 17.0. The number of H-pyrrole nitrogens is 1. The Morgan fingerprint density at radius 1 is 1.34 bits per heavy atom. The molecule has 4 N–H and O–H groups in total. The highest BCUT2D eigenvalue weighted by Gasteiger charge is 2.14. The molecule has 8 heteroatoms. The summed E-state index contributed by atoms with van der Waals surface area (Å²) in [6.45, 7) is 4.91. The van der Waals surface area contributed by atoms with E-state index < -0.39 is 0 Å². The van der Waals surface area contributed by atoms with Crippen LogP contribution in [0.4, 0.5) is 5.69 Å². The largest absolute Gasteiger partial charge is 0.481 e. The SMILES string of the molecule is CCNc1cc(-c2ccnc(OC)c2)c[nH]c1=O.NC/C=C/C(=O)N1CCCC1. The molecular formula is C21H29N5O3. The summed E-state index contributed by atoms with van der Waals surface area (Å²) in [6.07, 6.45) is 8.89. The quantitative estimate of drug-likeness (QED) is 0.641. The van der Waals surface area contributed by atoms with Crippen molar-refractivity contribution in [3.63, 3.8) is 0 Å². The van der Waals surface area contributed by atoms with E-state index in [1.54, 1.807) is 31.7 Å². The summed E-state index contributed by atoms with van der Waals surface area (Å²) in [6, 6.07) is 5.51. The average molecular weight is 399 g/mol. The van der Waals surface area contributed by atoms with Gasteiger partial charge in [-0.05, 0) is 37.5 Å². The highest BCUT2D eigenvalue weighted by molar-refractivity contribution is 5.87. The maximum atomic E-state index is 11.6. The van der Waals surface area contributed by atoms with Gasteiger partial charge in [-0.1, -0.05) is 6.08 Å². The first-order chi connectivity index (χ1) is 14.1. The molecule has 8 nitrogen and oxygen atoms in total. The van der Waals surface area contributed by atoms with Crippen molar-refractivity contribution in [2.75, 3.05) is 38.6 Å². The number of aromatic nitrogens is 2. The van der Waals surface area contributed by atoms with Crippen LogP contribution in [-0.2, 0) is 4.79 Å². The molecule has 1 amide bonds. The number of rotatable bonds is 6. The van der Waals surface area contributed by atoms with Crippen LogP contribution in [0.25, 0.3) is 11.1 Å². The molecule has 2 aromatic heterocycles. The maximum Gasteiger partial charge on any atom is 0.271 e. The fraction of sp³-hybridized carbons (Fsp3) is 0.381. The zero-order valence-corrected chi connectivity index (χ0v) is 17.0. The minimum absolute atomic E-state index is 0.105. The maximum absolute atomic E-state index is 11.6. The number of likely N-dealkylation sites (tertiary alicyclic amines) is 1. The Labute approximate surface area is 170 Å². The van der Waals surface area contributed by atoms with Crippen molar-refractivity contribution < 1.29 is 9.53 Å². The molecule has 0 bridgehead atoms. The summed E-state index contributed by atoms with van der Waals surface area (Å²) >= 11 is 0. The number of carbonyl (C=O) groups is 1. The number of hydrogen-bond donors (Lipinski definition) is 3. The summed E-state index contributed by atoms with van der Waals surface area (Å²) in [7, 11) is 1.57. The minimum atomic E-state index is -0.123. The van der Waals surface area contributed by atoms with Gasteiger partial charge in [0.05, 0.1) is 7.11 Å². The molecule has 1 fully saturated rings. The predicted molar refractivity (Wildman–Crippen MR) is 115 cm³/mol. The van der Waals surface area contributed by atoms with Crippen molar-refractivity contribution in [1.82, 2.24) is 14.9 Å². The fourth-order valence-electron chi connectivity index (χ4n) is 2.88. The first-order valence-corrected chi connectivity index (χ1v) is 9.71. The van der Waals surface area contributed by atoms with E-state index in [0.29, 0.717) is 24.7 Å². The van der Waals surface area contributed by atoms with Gasteiger partial charge in [0.2, 0.25) is 11.8 Å². The van der Waals surface area contributed by atoms with Crippen molar-refractivity contribution in [1.29, 1.82) is 0 Å². The number of anilines is 1. The van der Waals surface area contributed by atoms with Crippen molar-refractivity contribution >= 4 is 11.6 Å². The lowest BCUT2D eigenvalue weighted by Gasteiger charge is -2.11.